The van der Waals surface area contributed by atoms with Crippen molar-refractivity contribution in [1.82, 2.24) is 0 Å². The van der Waals surface area contributed by atoms with Crippen molar-refractivity contribution in [3.63, 3.8) is 0 Å². The van der Waals surface area contributed by atoms with Gasteiger partial charge in [0.2, 0.25) is 0 Å². The van der Waals surface area contributed by atoms with Gasteiger partial charge in [0.05, 0.1) is 12.7 Å². The zero-order valence-electron chi connectivity index (χ0n) is 15.1. The van der Waals surface area contributed by atoms with E-state index in [1.165, 1.54) is 12.1 Å². The van der Waals surface area contributed by atoms with Gasteiger partial charge in [0.25, 0.3) is 0 Å². The summed E-state index contributed by atoms with van der Waals surface area (Å²) >= 11 is 0. The van der Waals surface area contributed by atoms with E-state index >= 15 is 0 Å². The highest BCUT2D eigenvalue weighted by molar-refractivity contribution is 5.58. The average Bonchev–Trinajstić information content (AvgIpc) is 2.56. The van der Waals surface area contributed by atoms with Crippen molar-refractivity contribution in [1.29, 1.82) is 0 Å². The fourth-order valence-corrected chi connectivity index (χ4v) is 3.14. The highest BCUT2D eigenvalue weighted by Crippen LogP contribution is 2.41. The molecule has 0 aliphatic heterocycles. The molecule has 0 aliphatic carbocycles. The smallest absolute Gasteiger partial charge is 0.125 e. The standard InChI is InChI=1S/C20H26O5/c1-5-25-20-12(3)11(2)19(24)18(13(20)4)17(23)10-9-14-15(21)7-6-8-16(14)22/h6-8,17,21-24H,5,9-10H2,1-4H3. The molecule has 0 aliphatic rings. The van der Waals surface area contributed by atoms with Crippen LogP contribution in [0.4, 0.5) is 0 Å². The van der Waals surface area contributed by atoms with E-state index in [2.05, 4.69) is 0 Å². The molecule has 0 fully saturated rings. The molecule has 5 nitrogen and oxygen atoms in total. The van der Waals surface area contributed by atoms with Crippen molar-refractivity contribution in [3.05, 3.63) is 46.0 Å². The molecule has 2 rings (SSSR count). The van der Waals surface area contributed by atoms with Gasteiger partial charge in [-0.05, 0) is 63.8 Å². The SMILES string of the molecule is CCOc1c(C)c(C)c(O)c(C(O)CCc2c(O)cccc2O)c1C. The van der Waals surface area contributed by atoms with E-state index in [4.69, 9.17) is 4.74 Å². The van der Waals surface area contributed by atoms with E-state index in [1.807, 2.05) is 20.8 Å². The van der Waals surface area contributed by atoms with Crippen LogP contribution in [0.15, 0.2) is 18.2 Å². The van der Waals surface area contributed by atoms with Gasteiger partial charge >= 0.3 is 0 Å². The first kappa shape index (κ1) is 18.9. The third-order valence-electron chi connectivity index (χ3n) is 4.67. The summed E-state index contributed by atoms with van der Waals surface area (Å²) in [5.74, 6) is 0.719. The molecule has 0 saturated heterocycles. The van der Waals surface area contributed by atoms with E-state index in [9.17, 15) is 20.4 Å². The van der Waals surface area contributed by atoms with Crippen LogP contribution in [-0.4, -0.2) is 27.0 Å². The number of hydrogen-bond donors (Lipinski definition) is 4. The van der Waals surface area contributed by atoms with Crippen molar-refractivity contribution in [2.75, 3.05) is 6.61 Å². The lowest BCUT2D eigenvalue weighted by atomic mass is 9.91. The first-order valence-corrected chi connectivity index (χ1v) is 8.42. The molecule has 0 bridgehead atoms. The van der Waals surface area contributed by atoms with Gasteiger partial charge < -0.3 is 25.2 Å². The van der Waals surface area contributed by atoms with Gasteiger partial charge in [0, 0.05) is 16.7 Å². The summed E-state index contributed by atoms with van der Waals surface area (Å²) in [6.07, 6.45) is -0.430. The summed E-state index contributed by atoms with van der Waals surface area (Å²) in [6, 6.07) is 4.54. The number of rotatable bonds is 6. The number of hydrogen-bond acceptors (Lipinski definition) is 5. The van der Waals surface area contributed by atoms with Crippen LogP contribution >= 0.6 is 0 Å². The number of aliphatic hydroxyl groups is 1. The van der Waals surface area contributed by atoms with Crippen LogP contribution < -0.4 is 4.74 Å². The Balaban J connectivity index is 2.34. The molecule has 0 radical (unpaired) electrons. The Morgan fingerprint density at radius 1 is 0.960 bits per heavy atom. The van der Waals surface area contributed by atoms with Gasteiger partial charge in [-0.15, -0.1) is 0 Å². The molecular weight excluding hydrogens is 320 g/mol. The van der Waals surface area contributed by atoms with Crippen LogP contribution in [0.25, 0.3) is 0 Å². The first-order chi connectivity index (χ1) is 11.8. The molecular formula is C20H26O5. The molecule has 0 heterocycles. The highest BCUT2D eigenvalue weighted by Gasteiger charge is 2.23. The largest absolute Gasteiger partial charge is 0.508 e. The van der Waals surface area contributed by atoms with Crippen LogP contribution in [0.3, 0.4) is 0 Å². The summed E-state index contributed by atoms with van der Waals surface area (Å²) in [5.41, 5.74) is 3.05. The summed E-state index contributed by atoms with van der Waals surface area (Å²) < 4.78 is 5.69. The van der Waals surface area contributed by atoms with E-state index in [1.54, 1.807) is 13.0 Å². The van der Waals surface area contributed by atoms with Gasteiger partial charge in [0.1, 0.15) is 23.0 Å². The molecule has 1 atom stereocenters. The Hall–Kier alpha value is -2.40. The number of phenols is 3. The predicted octanol–water partition coefficient (Wildman–Crippen LogP) is 3.79. The minimum absolute atomic E-state index is 0.0109. The number of ether oxygens (including phenoxy) is 1. The monoisotopic (exact) mass is 346 g/mol. The van der Waals surface area contributed by atoms with Crippen LogP contribution in [0.1, 0.15) is 47.3 Å². The second kappa shape index (κ2) is 7.66. The van der Waals surface area contributed by atoms with Crippen molar-refractivity contribution in [2.24, 2.45) is 0 Å². The van der Waals surface area contributed by atoms with E-state index < -0.39 is 6.10 Å². The summed E-state index contributed by atoms with van der Waals surface area (Å²) in [5, 5.41) is 40.9. The minimum Gasteiger partial charge on any atom is -0.508 e. The summed E-state index contributed by atoms with van der Waals surface area (Å²) in [6.45, 7) is 7.86. The summed E-state index contributed by atoms with van der Waals surface area (Å²) in [4.78, 5) is 0. The van der Waals surface area contributed by atoms with Crippen molar-refractivity contribution < 1.29 is 25.2 Å². The van der Waals surface area contributed by atoms with Gasteiger partial charge in [-0.1, -0.05) is 6.07 Å². The van der Waals surface area contributed by atoms with Crippen molar-refractivity contribution in [3.8, 4) is 23.0 Å². The lowest BCUT2D eigenvalue weighted by Gasteiger charge is -2.22. The highest BCUT2D eigenvalue weighted by atomic mass is 16.5. The van der Waals surface area contributed by atoms with E-state index in [0.717, 1.165) is 5.56 Å². The molecule has 5 heteroatoms. The van der Waals surface area contributed by atoms with Crippen molar-refractivity contribution >= 4 is 0 Å². The van der Waals surface area contributed by atoms with Gasteiger partial charge in [0.15, 0.2) is 0 Å². The molecule has 0 saturated carbocycles. The maximum absolute atomic E-state index is 10.7. The fourth-order valence-electron chi connectivity index (χ4n) is 3.14. The molecule has 25 heavy (non-hydrogen) atoms. The summed E-state index contributed by atoms with van der Waals surface area (Å²) in [7, 11) is 0. The number of aromatic hydroxyl groups is 3. The lowest BCUT2D eigenvalue weighted by Crippen LogP contribution is -2.08. The third-order valence-corrected chi connectivity index (χ3v) is 4.67. The van der Waals surface area contributed by atoms with Crippen LogP contribution in [0, 0.1) is 20.8 Å². The average molecular weight is 346 g/mol. The second-order valence-electron chi connectivity index (χ2n) is 6.23. The molecule has 0 spiro atoms. The maximum Gasteiger partial charge on any atom is 0.125 e. The maximum atomic E-state index is 10.7. The Labute approximate surface area is 148 Å². The number of benzene rings is 2. The third kappa shape index (κ3) is 3.66. The van der Waals surface area contributed by atoms with Crippen LogP contribution in [0.2, 0.25) is 0 Å². The predicted molar refractivity (Wildman–Crippen MR) is 96.5 cm³/mol. The molecule has 4 N–H and O–H groups in total. The van der Waals surface area contributed by atoms with Crippen LogP contribution in [0.5, 0.6) is 23.0 Å². The Morgan fingerprint density at radius 3 is 2.12 bits per heavy atom. The second-order valence-corrected chi connectivity index (χ2v) is 6.23. The van der Waals surface area contributed by atoms with Gasteiger partial charge in [-0.2, -0.15) is 0 Å². The molecule has 0 aromatic heterocycles. The molecule has 2 aromatic carbocycles. The molecule has 136 valence electrons. The Kier molecular flexibility index (Phi) is 5.80. The number of phenolic OH excluding ortho intramolecular Hbond substituents is 3. The number of aliphatic hydroxyl groups excluding tert-OH is 1. The lowest BCUT2D eigenvalue weighted by molar-refractivity contribution is 0.162. The first-order valence-electron chi connectivity index (χ1n) is 8.42. The van der Waals surface area contributed by atoms with Crippen molar-refractivity contribution in [2.45, 2.75) is 46.6 Å². The normalized spacial score (nSPS) is 12.2. The quantitative estimate of drug-likeness (QED) is 0.639. The molecule has 1 unspecified atom stereocenters. The fraction of sp³-hybridized carbons (Fsp3) is 0.400. The Bertz CT molecular complexity index is 747. The van der Waals surface area contributed by atoms with E-state index in [0.29, 0.717) is 34.6 Å². The van der Waals surface area contributed by atoms with E-state index in [-0.39, 0.29) is 30.1 Å². The Morgan fingerprint density at radius 2 is 1.56 bits per heavy atom. The van der Waals surface area contributed by atoms with Crippen LogP contribution in [-0.2, 0) is 6.42 Å². The van der Waals surface area contributed by atoms with Gasteiger partial charge in [-0.25, -0.2) is 0 Å². The molecule has 2 aromatic rings. The topological polar surface area (TPSA) is 90.2 Å². The minimum atomic E-state index is -0.947. The zero-order valence-corrected chi connectivity index (χ0v) is 15.1. The molecule has 0 amide bonds. The zero-order chi connectivity index (χ0) is 18.7. The van der Waals surface area contributed by atoms with Gasteiger partial charge in [-0.3, -0.25) is 0 Å².